The van der Waals surface area contributed by atoms with E-state index in [1.165, 1.54) is 6.42 Å². The lowest BCUT2D eigenvalue weighted by atomic mass is 9.96. The van der Waals surface area contributed by atoms with Crippen LogP contribution in [-0.2, 0) is 4.74 Å². The molecule has 0 saturated carbocycles. The predicted molar refractivity (Wildman–Crippen MR) is 94.1 cm³/mol. The van der Waals surface area contributed by atoms with Gasteiger partial charge in [0.25, 0.3) is 0 Å². The number of unbranched alkanes of at least 4 members (excludes halogenated alkanes) is 1. The van der Waals surface area contributed by atoms with E-state index in [1.807, 2.05) is 25.1 Å². The quantitative estimate of drug-likeness (QED) is 0.444. The van der Waals surface area contributed by atoms with Crippen molar-refractivity contribution in [2.75, 3.05) is 0 Å². The summed E-state index contributed by atoms with van der Waals surface area (Å²) in [4.78, 5) is 12.4. The molecule has 1 aromatic rings. The number of allylic oxidation sites excluding steroid dienone is 2. The highest BCUT2D eigenvalue weighted by atomic mass is 16.6. The van der Waals surface area contributed by atoms with Crippen LogP contribution in [0.3, 0.4) is 0 Å². The van der Waals surface area contributed by atoms with Crippen LogP contribution in [0.4, 0.5) is 0 Å². The number of benzene rings is 1. The first-order chi connectivity index (χ1) is 11.6. The molecule has 2 rings (SSSR count). The minimum absolute atomic E-state index is 0.373. The van der Waals surface area contributed by atoms with Crippen molar-refractivity contribution >= 4 is 5.97 Å². The molecule has 3 heteroatoms. The highest BCUT2D eigenvalue weighted by molar-refractivity contribution is 5.89. The van der Waals surface area contributed by atoms with Crippen LogP contribution in [0.15, 0.2) is 42.0 Å². The molecule has 1 aliphatic carbocycles. The molecule has 1 atom stereocenters. The van der Waals surface area contributed by atoms with Crippen molar-refractivity contribution in [1.82, 2.24) is 0 Å². The molecule has 124 valence electrons. The second-order valence-electron chi connectivity index (χ2n) is 6.22. The summed E-state index contributed by atoms with van der Waals surface area (Å²) >= 11 is 0. The van der Waals surface area contributed by atoms with E-state index in [1.54, 1.807) is 12.1 Å². The van der Waals surface area contributed by atoms with Crippen molar-refractivity contribution in [3.63, 3.8) is 0 Å². The molecule has 0 aliphatic heterocycles. The Morgan fingerprint density at radius 1 is 1.29 bits per heavy atom. The third-order valence-corrected chi connectivity index (χ3v) is 4.05. The van der Waals surface area contributed by atoms with Crippen molar-refractivity contribution in [2.24, 2.45) is 0 Å². The van der Waals surface area contributed by atoms with Gasteiger partial charge in [0.05, 0.1) is 11.6 Å². The molecule has 0 fully saturated rings. The van der Waals surface area contributed by atoms with Crippen LogP contribution in [0.1, 0.15) is 62.2 Å². The van der Waals surface area contributed by atoms with Gasteiger partial charge in [-0.05, 0) is 63.2 Å². The molecule has 0 spiro atoms. The Labute approximate surface area is 144 Å². The molecule has 1 aromatic carbocycles. The first-order valence-electron chi connectivity index (χ1n) is 8.50. The lowest BCUT2D eigenvalue weighted by Crippen LogP contribution is -2.30. The molecule has 0 radical (unpaired) electrons. The maximum atomic E-state index is 12.4. The van der Waals surface area contributed by atoms with E-state index in [9.17, 15) is 4.79 Å². The number of ether oxygens (including phenoxy) is 1. The lowest BCUT2D eigenvalue weighted by Gasteiger charge is -2.24. The average Bonchev–Trinajstić information content (AvgIpc) is 2.62. The summed E-state index contributed by atoms with van der Waals surface area (Å²) in [5, 5.41) is 8.75. The summed E-state index contributed by atoms with van der Waals surface area (Å²) < 4.78 is 5.71. The highest BCUT2D eigenvalue weighted by Crippen LogP contribution is 2.22. The molecular weight excluding hydrogens is 298 g/mol. The van der Waals surface area contributed by atoms with Crippen LogP contribution in [0, 0.1) is 23.2 Å². The lowest BCUT2D eigenvalue weighted by molar-refractivity contribution is 0.0110. The van der Waals surface area contributed by atoms with Gasteiger partial charge in [-0.25, -0.2) is 4.79 Å². The maximum Gasteiger partial charge on any atom is 0.339 e. The van der Waals surface area contributed by atoms with E-state index in [2.05, 4.69) is 24.0 Å². The molecule has 0 amide bonds. The minimum atomic E-state index is -0.873. The number of nitriles is 1. The number of carbonyl (C=O) groups excluding carboxylic acids is 1. The summed E-state index contributed by atoms with van der Waals surface area (Å²) in [6.07, 6.45) is 8.26. The largest absolute Gasteiger partial charge is 0.443 e. The molecule has 0 aromatic heterocycles. The zero-order chi connectivity index (χ0) is 17.3. The summed E-state index contributed by atoms with van der Waals surface area (Å²) in [5.41, 5.74) is 0.772. The second kappa shape index (κ2) is 8.94. The van der Waals surface area contributed by atoms with E-state index >= 15 is 0 Å². The van der Waals surface area contributed by atoms with Gasteiger partial charge >= 0.3 is 5.97 Å². The van der Waals surface area contributed by atoms with Crippen LogP contribution in [0.5, 0.6) is 0 Å². The Kier molecular flexibility index (Phi) is 6.64. The fourth-order valence-corrected chi connectivity index (χ4v) is 2.65. The number of carbonyl (C=O) groups is 1. The first-order valence-corrected chi connectivity index (χ1v) is 8.50. The summed E-state index contributed by atoms with van der Waals surface area (Å²) in [5.74, 6) is 5.98. The Balaban J connectivity index is 2.13. The summed E-state index contributed by atoms with van der Waals surface area (Å²) in [6, 6.07) is 11.1. The molecule has 0 N–H and O–H groups in total. The third-order valence-electron chi connectivity index (χ3n) is 4.05. The Hall–Kier alpha value is -2.52. The van der Waals surface area contributed by atoms with Gasteiger partial charge < -0.3 is 4.74 Å². The van der Waals surface area contributed by atoms with E-state index in [4.69, 9.17) is 10.00 Å². The number of hydrogen-bond donors (Lipinski definition) is 0. The average molecular weight is 321 g/mol. The van der Waals surface area contributed by atoms with Gasteiger partial charge in [-0.15, -0.1) is 0 Å². The standard InChI is InChI=1S/C21H23NO2/c1-21(15-8-9-17-22,16-14-18-10-4-2-5-11-18)24-20(23)19-12-6-3-7-13-19/h3,6-7,10,12-13H,2,4-5,8-9,11,15H2,1H3. The van der Waals surface area contributed by atoms with Crippen LogP contribution in [0.25, 0.3) is 0 Å². The van der Waals surface area contributed by atoms with Crippen LogP contribution >= 0.6 is 0 Å². The van der Waals surface area contributed by atoms with Gasteiger partial charge in [-0.3, -0.25) is 0 Å². The van der Waals surface area contributed by atoms with Crippen LogP contribution in [-0.4, -0.2) is 11.6 Å². The van der Waals surface area contributed by atoms with Gasteiger partial charge in [0, 0.05) is 6.42 Å². The van der Waals surface area contributed by atoms with Gasteiger partial charge in [-0.1, -0.05) is 36.1 Å². The molecular formula is C21H23NO2. The molecule has 3 nitrogen and oxygen atoms in total. The Morgan fingerprint density at radius 2 is 2.08 bits per heavy atom. The Morgan fingerprint density at radius 3 is 2.75 bits per heavy atom. The van der Waals surface area contributed by atoms with Gasteiger partial charge in [0.2, 0.25) is 0 Å². The molecule has 0 saturated heterocycles. The van der Waals surface area contributed by atoms with E-state index in [-0.39, 0.29) is 5.97 Å². The number of hydrogen-bond acceptors (Lipinski definition) is 3. The molecule has 0 heterocycles. The van der Waals surface area contributed by atoms with E-state index < -0.39 is 5.60 Å². The monoisotopic (exact) mass is 321 g/mol. The van der Waals surface area contributed by atoms with Crippen molar-refractivity contribution < 1.29 is 9.53 Å². The Bertz CT molecular complexity index is 688. The van der Waals surface area contributed by atoms with E-state index in [0.29, 0.717) is 24.8 Å². The van der Waals surface area contributed by atoms with Crippen molar-refractivity contribution in [3.05, 3.63) is 47.5 Å². The van der Waals surface area contributed by atoms with Gasteiger partial charge in [0.15, 0.2) is 5.60 Å². The predicted octanol–water partition coefficient (Wildman–Crippen LogP) is 4.80. The fourth-order valence-electron chi connectivity index (χ4n) is 2.65. The van der Waals surface area contributed by atoms with E-state index in [0.717, 1.165) is 24.8 Å². The zero-order valence-electron chi connectivity index (χ0n) is 14.2. The molecule has 1 aliphatic rings. The van der Waals surface area contributed by atoms with Crippen LogP contribution < -0.4 is 0 Å². The topological polar surface area (TPSA) is 50.1 Å². The van der Waals surface area contributed by atoms with Crippen LogP contribution in [0.2, 0.25) is 0 Å². The maximum absolute atomic E-state index is 12.4. The molecule has 1 unspecified atom stereocenters. The van der Waals surface area contributed by atoms with Crippen molar-refractivity contribution in [3.8, 4) is 17.9 Å². The van der Waals surface area contributed by atoms with Crippen molar-refractivity contribution in [1.29, 1.82) is 5.26 Å². The zero-order valence-corrected chi connectivity index (χ0v) is 14.2. The second-order valence-corrected chi connectivity index (χ2v) is 6.22. The minimum Gasteiger partial charge on any atom is -0.443 e. The summed E-state index contributed by atoms with van der Waals surface area (Å²) in [6.45, 7) is 1.83. The number of nitrogens with zero attached hydrogens (tertiary/aromatic N) is 1. The number of esters is 1. The highest BCUT2D eigenvalue weighted by Gasteiger charge is 2.27. The summed E-state index contributed by atoms with van der Waals surface area (Å²) in [7, 11) is 0. The van der Waals surface area contributed by atoms with Crippen molar-refractivity contribution in [2.45, 2.75) is 57.5 Å². The third kappa shape index (κ3) is 5.60. The first kappa shape index (κ1) is 17.8. The molecule has 0 bridgehead atoms. The normalized spacial score (nSPS) is 15.9. The van der Waals surface area contributed by atoms with Gasteiger partial charge in [0.1, 0.15) is 0 Å². The smallest absolute Gasteiger partial charge is 0.339 e. The van der Waals surface area contributed by atoms with Gasteiger partial charge in [-0.2, -0.15) is 5.26 Å². The number of rotatable bonds is 5. The molecule has 24 heavy (non-hydrogen) atoms. The SMILES string of the molecule is CC(C#CC1=CCCCC1)(CCCC#N)OC(=O)c1ccccc1. The fraction of sp³-hybridized carbons (Fsp3) is 0.429.